The molecule has 0 aromatic carbocycles. The van der Waals surface area contributed by atoms with Crippen LogP contribution in [0.1, 0.15) is 24.6 Å². The van der Waals surface area contributed by atoms with E-state index in [2.05, 4.69) is 0 Å². The molecule has 1 unspecified atom stereocenters. The number of thiophene rings is 1. The molecule has 0 aliphatic heterocycles. The van der Waals surface area contributed by atoms with Gasteiger partial charge in [0.1, 0.15) is 0 Å². The van der Waals surface area contributed by atoms with Crippen molar-refractivity contribution >= 4 is 17.2 Å². The van der Waals surface area contributed by atoms with E-state index in [9.17, 15) is 4.79 Å². The number of hydrogen-bond donors (Lipinski definition) is 1. The number of aliphatic hydroxyl groups is 1. The fourth-order valence-corrected chi connectivity index (χ4v) is 2.09. The van der Waals surface area contributed by atoms with Crippen LogP contribution in [0.15, 0.2) is 17.5 Å². The van der Waals surface area contributed by atoms with E-state index in [1.165, 1.54) is 4.88 Å². The Labute approximate surface area is 101 Å². The van der Waals surface area contributed by atoms with Gasteiger partial charge in [0.25, 0.3) is 0 Å². The Bertz CT molecular complexity index is 309. The summed E-state index contributed by atoms with van der Waals surface area (Å²) in [4.78, 5) is 14.6. The average Bonchev–Trinajstić information content (AvgIpc) is 2.75. The van der Waals surface area contributed by atoms with E-state index in [1.54, 1.807) is 30.2 Å². The number of rotatable bonds is 6. The SMILES string of the molecule is CC(O)CCN(C)C(=O)CCc1cccs1. The minimum Gasteiger partial charge on any atom is -0.393 e. The number of hydrogen-bond acceptors (Lipinski definition) is 3. The molecule has 0 saturated heterocycles. The summed E-state index contributed by atoms with van der Waals surface area (Å²) in [6.45, 7) is 2.37. The third-order valence-corrected chi connectivity index (χ3v) is 3.41. The van der Waals surface area contributed by atoms with Gasteiger partial charge in [0, 0.05) is 24.9 Å². The molecule has 0 bridgehead atoms. The third-order valence-electron chi connectivity index (χ3n) is 2.47. The predicted molar refractivity (Wildman–Crippen MR) is 66.6 cm³/mol. The number of carbonyl (C=O) groups is 1. The van der Waals surface area contributed by atoms with Gasteiger partial charge < -0.3 is 10.0 Å². The second kappa shape index (κ2) is 6.66. The Morgan fingerprint density at radius 3 is 2.94 bits per heavy atom. The number of nitrogens with zero attached hydrogens (tertiary/aromatic N) is 1. The van der Waals surface area contributed by atoms with Crippen LogP contribution in [0, 0.1) is 0 Å². The molecule has 1 amide bonds. The van der Waals surface area contributed by atoms with Crippen LogP contribution in [0.3, 0.4) is 0 Å². The van der Waals surface area contributed by atoms with Crippen molar-refractivity contribution < 1.29 is 9.90 Å². The van der Waals surface area contributed by atoms with Crippen LogP contribution < -0.4 is 0 Å². The van der Waals surface area contributed by atoms with Gasteiger partial charge in [-0.25, -0.2) is 0 Å². The van der Waals surface area contributed by atoms with E-state index in [4.69, 9.17) is 5.11 Å². The average molecular weight is 241 g/mol. The van der Waals surface area contributed by atoms with Crippen molar-refractivity contribution in [3.8, 4) is 0 Å². The highest BCUT2D eigenvalue weighted by atomic mass is 32.1. The quantitative estimate of drug-likeness (QED) is 0.826. The molecule has 1 N–H and O–H groups in total. The monoisotopic (exact) mass is 241 g/mol. The summed E-state index contributed by atoms with van der Waals surface area (Å²) in [5.41, 5.74) is 0. The van der Waals surface area contributed by atoms with E-state index in [0.717, 1.165) is 6.42 Å². The van der Waals surface area contributed by atoms with Crippen molar-refractivity contribution in [2.45, 2.75) is 32.3 Å². The molecular formula is C12H19NO2S. The molecule has 1 atom stereocenters. The van der Waals surface area contributed by atoms with Gasteiger partial charge in [-0.1, -0.05) is 6.07 Å². The standard InChI is InChI=1S/C12H19NO2S/c1-10(14)7-8-13(2)12(15)6-5-11-4-3-9-16-11/h3-4,9-10,14H,5-8H2,1-2H3. The maximum Gasteiger partial charge on any atom is 0.222 e. The van der Waals surface area contributed by atoms with Crippen LogP contribution in [0.4, 0.5) is 0 Å². The number of amides is 1. The van der Waals surface area contributed by atoms with E-state index >= 15 is 0 Å². The van der Waals surface area contributed by atoms with Crippen LogP contribution in [-0.4, -0.2) is 35.6 Å². The molecule has 0 spiro atoms. The minimum atomic E-state index is -0.340. The van der Waals surface area contributed by atoms with Crippen LogP contribution in [0.5, 0.6) is 0 Å². The van der Waals surface area contributed by atoms with Gasteiger partial charge in [0.05, 0.1) is 6.10 Å². The fourth-order valence-electron chi connectivity index (χ4n) is 1.38. The van der Waals surface area contributed by atoms with Crippen LogP contribution >= 0.6 is 11.3 Å². The smallest absolute Gasteiger partial charge is 0.222 e. The van der Waals surface area contributed by atoms with E-state index in [1.807, 2.05) is 17.5 Å². The first-order valence-corrected chi connectivity index (χ1v) is 6.42. The highest BCUT2D eigenvalue weighted by Crippen LogP contribution is 2.11. The van der Waals surface area contributed by atoms with Gasteiger partial charge in [-0.15, -0.1) is 11.3 Å². The van der Waals surface area contributed by atoms with Gasteiger partial charge >= 0.3 is 0 Å². The zero-order valence-electron chi connectivity index (χ0n) is 9.85. The number of aliphatic hydroxyl groups excluding tert-OH is 1. The Balaban J connectivity index is 2.23. The lowest BCUT2D eigenvalue weighted by atomic mass is 10.2. The van der Waals surface area contributed by atoms with E-state index in [-0.39, 0.29) is 12.0 Å². The molecule has 4 heteroatoms. The topological polar surface area (TPSA) is 40.5 Å². The van der Waals surface area contributed by atoms with Crippen LogP contribution in [0.25, 0.3) is 0 Å². The lowest BCUT2D eigenvalue weighted by Gasteiger charge is -2.17. The lowest BCUT2D eigenvalue weighted by molar-refractivity contribution is -0.130. The number of carbonyl (C=O) groups excluding carboxylic acids is 1. The third kappa shape index (κ3) is 4.77. The lowest BCUT2D eigenvalue weighted by Crippen LogP contribution is -2.29. The zero-order chi connectivity index (χ0) is 12.0. The molecule has 0 fully saturated rings. The van der Waals surface area contributed by atoms with Crippen molar-refractivity contribution in [2.75, 3.05) is 13.6 Å². The first-order chi connectivity index (χ1) is 7.59. The summed E-state index contributed by atoms with van der Waals surface area (Å²) in [5.74, 6) is 0.147. The highest BCUT2D eigenvalue weighted by Gasteiger charge is 2.09. The maximum absolute atomic E-state index is 11.7. The van der Waals surface area contributed by atoms with Crippen molar-refractivity contribution in [3.63, 3.8) is 0 Å². The van der Waals surface area contributed by atoms with Crippen molar-refractivity contribution in [1.29, 1.82) is 0 Å². The molecular weight excluding hydrogens is 222 g/mol. The second-order valence-corrected chi connectivity index (χ2v) is 5.06. The second-order valence-electron chi connectivity index (χ2n) is 4.03. The van der Waals surface area contributed by atoms with Crippen molar-refractivity contribution in [2.24, 2.45) is 0 Å². The molecule has 1 heterocycles. The molecule has 16 heavy (non-hydrogen) atoms. The van der Waals surface area contributed by atoms with E-state index in [0.29, 0.717) is 19.4 Å². The summed E-state index contributed by atoms with van der Waals surface area (Å²) < 4.78 is 0. The highest BCUT2D eigenvalue weighted by molar-refractivity contribution is 7.09. The number of aryl methyl sites for hydroxylation is 1. The molecule has 3 nitrogen and oxygen atoms in total. The first-order valence-electron chi connectivity index (χ1n) is 5.54. The first kappa shape index (κ1) is 13.2. The zero-order valence-corrected chi connectivity index (χ0v) is 10.7. The van der Waals surface area contributed by atoms with Crippen molar-refractivity contribution in [3.05, 3.63) is 22.4 Å². The maximum atomic E-state index is 11.7. The molecule has 1 rings (SSSR count). The minimum absolute atomic E-state index is 0.147. The van der Waals surface area contributed by atoms with Crippen molar-refractivity contribution in [1.82, 2.24) is 4.90 Å². The predicted octanol–water partition coefficient (Wildman–Crippen LogP) is 1.91. The summed E-state index contributed by atoms with van der Waals surface area (Å²) >= 11 is 1.68. The summed E-state index contributed by atoms with van der Waals surface area (Å²) in [7, 11) is 1.79. The Hall–Kier alpha value is -0.870. The fraction of sp³-hybridized carbons (Fsp3) is 0.583. The van der Waals surface area contributed by atoms with Gasteiger partial charge in [-0.05, 0) is 31.2 Å². The van der Waals surface area contributed by atoms with Crippen LogP contribution in [-0.2, 0) is 11.2 Å². The largest absolute Gasteiger partial charge is 0.393 e. The molecule has 1 aromatic rings. The Morgan fingerprint density at radius 1 is 1.62 bits per heavy atom. The van der Waals surface area contributed by atoms with Gasteiger partial charge in [-0.2, -0.15) is 0 Å². The molecule has 0 aliphatic carbocycles. The summed E-state index contributed by atoms with van der Waals surface area (Å²) in [6, 6.07) is 4.05. The summed E-state index contributed by atoms with van der Waals surface area (Å²) in [5, 5.41) is 11.2. The Kier molecular flexibility index (Phi) is 5.49. The molecule has 1 aromatic heterocycles. The van der Waals surface area contributed by atoms with Gasteiger partial charge in [0.2, 0.25) is 5.91 Å². The molecule has 0 aliphatic rings. The molecule has 90 valence electrons. The summed E-state index contributed by atoms with van der Waals surface area (Å²) in [6.07, 6.45) is 1.67. The Morgan fingerprint density at radius 2 is 2.38 bits per heavy atom. The van der Waals surface area contributed by atoms with E-state index < -0.39 is 0 Å². The normalized spacial score (nSPS) is 12.4. The van der Waals surface area contributed by atoms with Crippen LogP contribution in [0.2, 0.25) is 0 Å². The van der Waals surface area contributed by atoms with Gasteiger partial charge in [-0.3, -0.25) is 4.79 Å². The molecule has 0 radical (unpaired) electrons. The van der Waals surface area contributed by atoms with Gasteiger partial charge in [0.15, 0.2) is 0 Å². The molecule has 0 saturated carbocycles.